The van der Waals surface area contributed by atoms with E-state index >= 15 is 0 Å². The smallest absolute Gasteiger partial charge is 0.00966 e. The molecular weight excluding hydrogens is 110 g/mol. The standard InChI is InChI=1S/C8H17N/c1-4-5-6-8(9)7(2)3/h4-5,7-8H,6,9H2,1-3H3/b5-4+. The third kappa shape index (κ3) is 4.22. The predicted octanol–water partition coefficient (Wildman–Crippen LogP) is 1.94. The van der Waals surface area contributed by atoms with Crippen LogP contribution in [-0.2, 0) is 0 Å². The van der Waals surface area contributed by atoms with Crippen LogP contribution in [0.4, 0.5) is 0 Å². The fourth-order valence-corrected chi connectivity index (χ4v) is 0.565. The molecule has 0 fully saturated rings. The van der Waals surface area contributed by atoms with Crippen molar-refractivity contribution in [2.45, 2.75) is 33.2 Å². The lowest BCUT2D eigenvalue weighted by Crippen LogP contribution is -2.25. The van der Waals surface area contributed by atoms with Crippen molar-refractivity contribution in [3.63, 3.8) is 0 Å². The number of hydrogen-bond acceptors (Lipinski definition) is 1. The van der Waals surface area contributed by atoms with Crippen molar-refractivity contribution in [1.29, 1.82) is 0 Å². The zero-order valence-electron chi connectivity index (χ0n) is 6.59. The minimum absolute atomic E-state index is 0.334. The summed E-state index contributed by atoms with van der Waals surface area (Å²) < 4.78 is 0. The number of allylic oxidation sites excluding steroid dienone is 1. The number of nitrogens with two attached hydrogens (primary N) is 1. The van der Waals surface area contributed by atoms with Crippen molar-refractivity contribution in [3.8, 4) is 0 Å². The lowest BCUT2D eigenvalue weighted by Gasteiger charge is -2.11. The van der Waals surface area contributed by atoms with Crippen LogP contribution >= 0.6 is 0 Å². The molecule has 2 N–H and O–H groups in total. The van der Waals surface area contributed by atoms with E-state index in [1.54, 1.807) is 0 Å². The largest absolute Gasteiger partial charge is 0.327 e. The van der Waals surface area contributed by atoms with E-state index in [9.17, 15) is 0 Å². The van der Waals surface area contributed by atoms with Gasteiger partial charge in [0.1, 0.15) is 0 Å². The van der Waals surface area contributed by atoms with Gasteiger partial charge in [-0.3, -0.25) is 0 Å². The number of rotatable bonds is 3. The molecule has 0 aromatic carbocycles. The van der Waals surface area contributed by atoms with Gasteiger partial charge in [0.2, 0.25) is 0 Å². The molecule has 0 rings (SSSR count). The second-order valence-electron chi connectivity index (χ2n) is 2.71. The molecule has 0 saturated heterocycles. The van der Waals surface area contributed by atoms with Gasteiger partial charge >= 0.3 is 0 Å². The van der Waals surface area contributed by atoms with Crippen molar-refractivity contribution >= 4 is 0 Å². The van der Waals surface area contributed by atoms with Gasteiger partial charge in [0.05, 0.1) is 0 Å². The maximum Gasteiger partial charge on any atom is 0.00966 e. The van der Waals surface area contributed by atoms with Crippen molar-refractivity contribution < 1.29 is 0 Å². The molecule has 1 unspecified atom stereocenters. The van der Waals surface area contributed by atoms with Gasteiger partial charge in [-0.25, -0.2) is 0 Å². The molecule has 1 nitrogen and oxygen atoms in total. The highest BCUT2D eigenvalue weighted by Crippen LogP contribution is 2.02. The van der Waals surface area contributed by atoms with E-state index in [-0.39, 0.29) is 0 Å². The molecule has 9 heavy (non-hydrogen) atoms. The van der Waals surface area contributed by atoms with Crippen LogP contribution in [0, 0.1) is 5.92 Å². The summed E-state index contributed by atoms with van der Waals surface area (Å²) in [6, 6.07) is 0.334. The Bertz CT molecular complexity index is 84.6. The summed E-state index contributed by atoms with van der Waals surface area (Å²) >= 11 is 0. The summed E-state index contributed by atoms with van der Waals surface area (Å²) in [6.07, 6.45) is 5.17. The van der Waals surface area contributed by atoms with Gasteiger partial charge in [-0.2, -0.15) is 0 Å². The molecular formula is C8H17N. The first kappa shape index (κ1) is 8.70. The van der Waals surface area contributed by atoms with Gasteiger partial charge in [0, 0.05) is 6.04 Å². The Labute approximate surface area is 57.9 Å². The fraction of sp³-hybridized carbons (Fsp3) is 0.750. The fourth-order valence-electron chi connectivity index (χ4n) is 0.565. The van der Waals surface area contributed by atoms with E-state index in [4.69, 9.17) is 5.73 Å². The Morgan fingerprint density at radius 3 is 2.33 bits per heavy atom. The molecule has 0 aliphatic heterocycles. The van der Waals surface area contributed by atoms with Crippen molar-refractivity contribution in [2.24, 2.45) is 11.7 Å². The van der Waals surface area contributed by atoms with Crippen LogP contribution < -0.4 is 5.73 Å². The Balaban J connectivity index is 3.38. The van der Waals surface area contributed by atoms with E-state index < -0.39 is 0 Å². The van der Waals surface area contributed by atoms with E-state index in [2.05, 4.69) is 19.9 Å². The van der Waals surface area contributed by atoms with Crippen molar-refractivity contribution in [2.75, 3.05) is 0 Å². The summed E-state index contributed by atoms with van der Waals surface area (Å²) in [5, 5.41) is 0. The Morgan fingerprint density at radius 2 is 2.00 bits per heavy atom. The Kier molecular flexibility index (Phi) is 4.41. The van der Waals surface area contributed by atoms with Crippen LogP contribution in [0.2, 0.25) is 0 Å². The first-order valence-electron chi connectivity index (χ1n) is 3.55. The summed E-state index contributed by atoms with van der Waals surface area (Å²) in [6.45, 7) is 6.31. The van der Waals surface area contributed by atoms with E-state index in [1.165, 1.54) is 0 Å². The average Bonchev–Trinajstić information content (AvgIpc) is 1.82. The monoisotopic (exact) mass is 127 g/mol. The highest BCUT2D eigenvalue weighted by Gasteiger charge is 2.03. The maximum atomic E-state index is 5.75. The highest BCUT2D eigenvalue weighted by molar-refractivity contribution is 4.82. The molecule has 0 radical (unpaired) electrons. The zero-order valence-corrected chi connectivity index (χ0v) is 6.59. The summed E-state index contributed by atoms with van der Waals surface area (Å²) in [5.41, 5.74) is 5.75. The summed E-state index contributed by atoms with van der Waals surface area (Å²) in [7, 11) is 0. The first-order chi connectivity index (χ1) is 4.18. The maximum absolute atomic E-state index is 5.75. The van der Waals surface area contributed by atoms with Gasteiger partial charge in [-0.15, -0.1) is 0 Å². The highest BCUT2D eigenvalue weighted by atomic mass is 14.6. The predicted molar refractivity (Wildman–Crippen MR) is 42.2 cm³/mol. The van der Waals surface area contributed by atoms with E-state index in [0.717, 1.165) is 6.42 Å². The average molecular weight is 127 g/mol. The molecule has 1 atom stereocenters. The minimum atomic E-state index is 0.334. The third-order valence-corrected chi connectivity index (χ3v) is 1.50. The van der Waals surface area contributed by atoms with E-state index in [0.29, 0.717) is 12.0 Å². The van der Waals surface area contributed by atoms with Gasteiger partial charge < -0.3 is 5.73 Å². The Morgan fingerprint density at radius 1 is 1.44 bits per heavy atom. The normalized spacial score (nSPS) is 15.2. The van der Waals surface area contributed by atoms with Gasteiger partial charge in [-0.1, -0.05) is 26.0 Å². The van der Waals surface area contributed by atoms with Crippen LogP contribution in [-0.4, -0.2) is 6.04 Å². The summed E-state index contributed by atoms with van der Waals surface area (Å²) in [5.74, 6) is 0.598. The van der Waals surface area contributed by atoms with Gasteiger partial charge in [0.25, 0.3) is 0 Å². The molecule has 0 saturated carbocycles. The first-order valence-corrected chi connectivity index (χ1v) is 3.55. The minimum Gasteiger partial charge on any atom is -0.327 e. The van der Waals surface area contributed by atoms with Gasteiger partial charge in [0.15, 0.2) is 0 Å². The molecule has 0 aliphatic carbocycles. The Hall–Kier alpha value is -0.300. The molecule has 54 valence electrons. The topological polar surface area (TPSA) is 26.0 Å². The van der Waals surface area contributed by atoms with Crippen LogP contribution in [0.15, 0.2) is 12.2 Å². The molecule has 0 heterocycles. The van der Waals surface area contributed by atoms with Crippen LogP contribution in [0.5, 0.6) is 0 Å². The second kappa shape index (κ2) is 4.57. The zero-order chi connectivity index (χ0) is 7.28. The molecule has 0 aromatic heterocycles. The summed E-state index contributed by atoms with van der Waals surface area (Å²) in [4.78, 5) is 0. The van der Waals surface area contributed by atoms with Gasteiger partial charge in [-0.05, 0) is 19.3 Å². The van der Waals surface area contributed by atoms with Crippen LogP contribution in [0.3, 0.4) is 0 Å². The van der Waals surface area contributed by atoms with E-state index in [1.807, 2.05) is 13.0 Å². The molecule has 0 aliphatic rings. The van der Waals surface area contributed by atoms with Crippen LogP contribution in [0.1, 0.15) is 27.2 Å². The van der Waals surface area contributed by atoms with Crippen molar-refractivity contribution in [3.05, 3.63) is 12.2 Å². The molecule has 0 amide bonds. The number of hydrogen-bond donors (Lipinski definition) is 1. The molecule has 0 aromatic rings. The lowest BCUT2D eigenvalue weighted by molar-refractivity contribution is 0.497. The third-order valence-electron chi connectivity index (χ3n) is 1.50. The van der Waals surface area contributed by atoms with Crippen molar-refractivity contribution in [1.82, 2.24) is 0 Å². The van der Waals surface area contributed by atoms with Crippen LogP contribution in [0.25, 0.3) is 0 Å². The molecule has 0 spiro atoms. The second-order valence-corrected chi connectivity index (χ2v) is 2.71. The molecule has 0 bridgehead atoms. The lowest BCUT2D eigenvalue weighted by atomic mass is 10.0. The quantitative estimate of drug-likeness (QED) is 0.576. The SMILES string of the molecule is C/C=C/CC(N)C(C)C. The molecule has 1 heteroatoms.